The van der Waals surface area contributed by atoms with Crippen molar-refractivity contribution in [2.45, 2.75) is 50.4 Å². The molecule has 1 heterocycles. The lowest BCUT2D eigenvalue weighted by Gasteiger charge is -2.27. The maximum Gasteiger partial charge on any atom is 0.573 e. The average Bonchev–Trinajstić information content (AvgIpc) is 3.77. The minimum absolute atomic E-state index is 0.0676. The number of esters is 1. The summed E-state index contributed by atoms with van der Waals surface area (Å²) in [5.74, 6) is -0.564. The molecule has 1 fully saturated rings. The van der Waals surface area contributed by atoms with E-state index in [2.05, 4.69) is 4.74 Å². The summed E-state index contributed by atoms with van der Waals surface area (Å²) in [6, 6.07) is 16.9. The van der Waals surface area contributed by atoms with Crippen LogP contribution in [0.25, 0.3) is 10.8 Å². The largest absolute Gasteiger partial charge is 0.573 e. The summed E-state index contributed by atoms with van der Waals surface area (Å²) in [5, 5.41) is 1.83. The Morgan fingerprint density at radius 3 is 2.24 bits per heavy atom. The van der Waals surface area contributed by atoms with Gasteiger partial charge in [-0.05, 0) is 73.5 Å². The van der Waals surface area contributed by atoms with Crippen LogP contribution >= 0.6 is 0 Å². The van der Waals surface area contributed by atoms with Gasteiger partial charge in [-0.2, -0.15) is 0 Å². The van der Waals surface area contributed by atoms with Gasteiger partial charge in [0.15, 0.2) is 0 Å². The number of hydrogen-bond donors (Lipinski definition) is 0. The number of benzene rings is 3. The first kappa shape index (κ1) is 28.4. The Balaban J connectivity index is 1.65. The van der Waals surface area contributed by atoms with Gasteiger partial charge in [0, 0.05) is 16.9 Å². The number of hydrogen-bond acceptors (Lipinski definition) is 6. The summed E-state index contributed by atoms with van der Waals surface area (Å²) in [6.07, 6.45) is -2.96. The van der Waals surface area contributed by atoms with Crippen LogP contribution in [0.1, 0.15) is 51.5 Å². The SMILES string of the molecule is COC(=O)c1ccc(S(=O)(=O)N(Cc2ccc(OC(F)(F)F)cc2)c2nc(C3CC3)c3ccccc3c2C)cc1C. The van der Waals surface area contributed by atoms with E-state index in [0.29, 0.717) is 16.7 Å². The number of nitrogens with zero attached hydrogens (tertiary/aromatic N) is 2. The molecule has 4 aromatic rings. The Hall–Kier alpha value is -4.12. The second-order valence-electron chi connectivity index (χ2n) is 9.94. The van der Waals surface area contributed by atoms with Gasteiger partial charge in [0.25, 0.3) is 10.0 Å². The molecule has 0 amide bonds. The van der Waals surface area contributed by atoms with Crippen LogP contribution in [0.5, 0.6) is 5.75 Å². The van der Waals surface area contributed by atoms with Crippen molar-refractivity contribution in [1.29, 1.82) is 0 Å². The molecule has 0 aliphatic heterocycles. The summed E-state index contributed by atoms with van der Waals surface area (Å²) in [5.41, 5.74) is 2.53. The number of anilines is 1. The zero-order valence-electron chi connectivity index (χ0n) is 22.5. The molecule has 214 valence electrons. The van der Waals surface area contributed by atoms with Crippen molar-refractivity contribution < 1.29 is 35.9 Å². The van der Waals surface area contributed by atoms with Crippen LogP contribution < -0.4 is 9.04 Å². The molecule has 41 heavy (non-hydrogen) atoms. The van der Waals surface area contributed by atoms with Gasteiger partial charge in [-0.15, -0.1) is 13.2 Å². The minimum atomic E-state index is -4.85. The first-order valence-electron chi connectivity index (χ1n) is 12.8. The van der Waals surface area contributed by atoms with E-state index in [-0.39, 0.29) is 28.7 Å². The van der Waals surface area contributed by atoms with E-state index in [1.807, 2.05) is 24.3 Å². The standard InChI is InChI=1S/C30H27F3N2O5S/c1-18-16-23(14-15-24(18)29(36)39-3)41(37,38)35(17-20-8-12-22(13-9-20)40-30(31,32)33)28-19(2)25-6-4-5-7-26(25)27(34-28)21-10-11-21/h4-9,12-16,21H,10-11,17H2,1-3H3. The topological polar surface area (TPSA) is 85.8 Å². The van der Waals surface area contributed by atoms with E-state index < -0.39 is 28.1 Å². The molecule has 1 aliphatic carbocycles. The monoisotopic (exact) mass is 584 g/mol. The third-order valence-electron chi connectivity index (χ3n) is 7.04. The normalized spacial score (nSPS) is 13.7. The van der Waals surface area contributed by atoms with Crippen molar-refractivity contribution in [1.82, 2.24) is 4.98 Å². The van der Waals surface area contributed by atoms with Crippen LogP contribution in [0.4, 0.5) is 19.0 Å². The lowest BCUT2D eigenvalue weighted by Crippen LogP contribution is -2.32. The Labute approximate surface area is 235 Å². The predicted molar refractivity (Wildman–Crippen MR) is 147 cm³/mol. The van der Waals surface area contributed by atoms with Crippen molar-refractivity contribution >= 4 is 32.6 Å². The maximum atomic E-state index is 14.3. The summed E-state index contributed by atoms with van der Waals surface area (Å²) < 4.78 is 76.5. The number of alkyl halides is 3. The molecule has 0 bridgehead atoms. The van der Waals surface area contributed by atoms with Crippen molar-refractivity contribution in [3.05, 3.63) is 94.7 Å². The summed E-state index contributed by atoms with van der Waals surface area (Å²) >= 11 is 0. The maximum absolute atomic E-state index is 14.3. The molecular formula is C30H27F3N2O5S. The highest BCUT2D eigenvalue weighted by atomic mass is 32.2. The molecule has 0 saturated heterocycles. The van der Waals surface area contributed by atoms with Crippen molar-refractivity contribution in [3.63, 3.8) is 0 Å². The molecule has 0 radical (unpaired) electrons. The van der Waals surface area contributed by atoms with Gasteiger partial charge in [0.2, 0.25) is 0 Å². The van der Waals surface area contributed by atoms with Crippen LogP contribution in [-0.2, 0) is 21.3 Å². The highest BCUT2D eigenvalue weighted by Gasteiger charge is 2.34. The summed E-state index contributed by atoms with van der Waals surface area (Å²) in [6.45, 7) is 3.21. The summed E-state index contributed by atoms with van der Waals surface area (Å²) in [4.78, 5) is 16.9. The van der Waals surface area contributed by atoms with Gasteiger partial charge in [-0.3, -0.25) is 0 Å². The molecule has 0 unspecified atom stereocenters. The van der Waals surface area contributed by atoms with E-state index in [0.717, 1.165) is 41.4 Å². The Bertz CT molecular complexity index is 1730. The third kappa shape index (κ3) is 5.85. The fourth-order valence-electron chi connectivity index (χ4n) is 4.82. The van der Waals surface area contributed by atoms with Gasteiger partial charge >= 0.3 is 12.3 Å². The fourth-order valence-corrected chi connectivity index (χ4v) is 6.37. The van der Waals surface area contributed by atoms with Gasteiger partial charge in [-0.1, -0.05) is 36.4 Å². The minimum Gasteiger partial charge on any atom is -0.465 e. The number of halogens is 3. The second kappa shape index (κ2) is 10.7. The molecule has 0 atom stereocenters. The van der Waals surface area contributed by atoms with Crippen molar-refractivity contribution in [3.8, 4) is 5.75 Å². The van der Waals surface area contributed by atoms with Gasteiger partial charge in [0.05, 0.1) is 29.8 Å². The van der Waals surface area contributed by atoms with Crippen LogP contribution in [0.3, 0.4) is 0 Å². The van der Waals surface area contributed by atoms with Crippen LogP contribution in [0.15, 0.2) is 71.6 Å². The Kier molecular flexibility index (Phi) is 7.41. The van der Waals surface area contributed by atoms with Crippen molar-refractivity contribution in [2.75, 3.05) is 11.4 Å². The zero-order chi connectivity index (χ0) is 29.5. The van der Waals surface area contributed by atoms with Gasteiger partial charge < -0.3 is 9.47 Å². The number of carbonyl (C=O) groups is 1. The van der Waals surface area contributed by atoms with E-state index >= 15 is 0 Å². The lowest BCUT2D eigenvalue weighted by molar-refractivity contribution is -0.274. The number of pyridine rings is 1. The first-order valence-corrected chi connectivity index (χ1v) is 14.3. The fraction of sp³-hybridized carbons (Fsp3) is 0.267. The quantitative estimate of drug-likeness (QED) is 0.212. The molecule has 1 aromatic heterocycles. The third-order valence-corrected chi connectivity index (χ3v) is 8.78. The molecule has 5 rings (SSSR count). The first-order chi connectivity index (χ1) is 19.4. The number of methoxy groups -OCH3 is 1. The molecule has 7 nitrogen and oxygen atoms in total. The van der Waals surface area contributed by atoms with E-state index in [4.69, 9.17) is 9.72 Å². The molecule has 1 saturated carbocycles. The van der Waals surface area contributed by atoms with Crippen LogP contribution in [0.2, 0.25) is 0 Å². The Morgan fingerprint density at radius 2 is 1.66 bits per heavy atom. The highest BCUT2D eigenvalue weighted by molar-refractivity contribution is 7.92. The number of aryl methyl sites for hydroxylation is 2. The second-order valence-corrected chi connectivity index (χ2v) is 11.8. The molecule has 1 aliphatic rings. The van der Waals surface area contributed by atoms with Crippen LogP contribution in [-0.4, -0.2) is 32.8 Å². The molecule has 0 N–H and O–H groups in total. The molecule has 11 heteroatoms. The van der Waals surface area contributed by atoms with Crippen LogP contribution in [0, 0.1) is 13.8 Å². The number of ether oxygens (including phenoxy) is 2. The molecule has 3 aromatic carbocycles. The van der Waals surface area contributed by atoms with E-state index in [1.54, 1.807) is 13.8 Å². The molecule has 0 spiro atoms. The van der Waals surface area contributed by atoms with Gasteiger partial charge in [0.1, 0.15) is 11.6 Å². The Morgan fingerprint density at radius 1 is 1.00 bits per heavy atom. The smallest absolute Gasteiger partial charge is 0.465 e. The summed E-state index contributed by atoms with van der Waals surface area (Å²) in [7, 11) is -3.03. The van der Waals surface area contributed by atoms with Crippen molar-refractivity contribution in [2.24, 2.45) is 0 Å². The zero-order valence-corrected chi connectivity index (χ0v) is 23.3. The predicted octanol–water partition coefficient (Wildman–Crippen LogP) is 6.81. The van der Waals surface area contributed by atoms with E-state index in [1.165, 1.54) is 41.7 Å². The van der Waals surface area contributed by atoms with E-state index in [9.17, 15) is 26.4 Å². The average molecular weight is 585 g/mol. The lowest BCUT2D eigenvalue weighted by atomic mass is 10.0. The number of carbonyl (C=O) groups excluding carboxylic acids is 1. The molecular weight excluding hydrogens is 557 g/mol. The highest BCUT2D eigenvalue weighted by Crippen LogP contribution is 2.44. The number of sulfonamides is 1. The number of fused-ring (bicyclic) bond motifs is 1. The number of aromatic nitrogens is 1. The number of rotatable bonds is 8. The van der Waals surface area contributed by atoms with Gasteiger partial charge in [-0.25, -0.2) is 22.5 Å².